The van der Waals surface area contributed by atoms with Crippen LogP contribution in [0, 0.1) is 0 Å². The van der Waals surface area contributed by atoms with E-state index in [0.29, 0.717) is 25.1 Å². The van der Waals surface area contributed by atoms with E-state index < -0.39 is 0 Å². The lowest BCUT2D eigenvalue weighted by Gasteiger charge is -2.19. The van der Waals surface area contributed by atoms with Crippen molar-refractivity contribution in [1.82, 2.24) is 14.9 Å². The van der Waals surface area contributed by atoms with E-state index in [0.717, 1.165) is 11.0 Å². The maximum atomic E-state index is 12.3. The molecule has 0 aliphatic heterocycles. The molecule has 0 bridgehead atoms. The van der Waals surface area contributed by atoms with E-state index in [9.17, 15) is 9.59 Å². The molecule has 2 aromatic carbocycles. The molecule has 1 heterocycles. The normalized spacial score (nSPS) is 11.7. The third kappa shape index (κ3) is 3.87. The number of aryl methyl sites for hydroxylation is 1. The van der Waals surface area contributed by atoms with Crippen LogP contribution in [0.4, 0.5) is 0 Å². The number of carbonyl (C=O) groups excluding carboxylic acids is 1. The summed E-state index contributed by atoms with van der Waals surface area (Å²) in [5, 5.41) is 2.92. The molecule has 2 N–H and O–H groups in total. The Hall–Kier alpha value is -2.82. The minimum absolute atomic E-state index is 0.0710. The van der Waals surface area contributed by atoms with E-state index in [1.54, 1.807) is 4.57 Å². The van der Waals surface area contributed by atoms with Crippen LogP contribution >= 0.6 is 0 Å². The number of fused-ring (bicyclic) bond motifs is 1. The fraction of sp³-hybridized carbons (Fsp3) is 0.333. The van der Waals surface area contributed by atoms with Gasteiger partial charge in [-0.05, 0) is 41.7 Å². The van der Waals surface area contributed by atoms with Crippen LogP contribution in [0.15, 0.2) is 53.3 Å². The molecule has 3 rings (SSSR count). The Labute approximate surface area is 153 Å². The Balaban J connectivity index is 1.55. The maximum absolute atomic E-state index is 12.3. The average molecular weight is 351 g/mol. The number of para-hydroxylation sites is 2. The molecular formula is C21H25N3O2. The summed E-state index contributed by atoms with van der Waals surface area (Å²) in [7, 11) is 0. The summed E-state index contributed by atoms with van der Waals surface area (Å²) in [5.74, 6) is -0.0864. The van der Waals surface area contributed by atoms with Crippen molar-refractivity contribution in [2.45, 2.75) is 39.2 Å². The number of imidazole rings is 1. The number of nitrogens with one attached hydrogen (secondary N) is 2. The largest absolute Gasteiger partial charge is 0.352 e. The van der Waals surface area contributed by atoms with Gasteiger partial charge in [-0.25, -0.2) is 4.79 Å². The van der Waals surface area contributed by atoms with Gasteiger partial charge in [0.2, 0.25) is 0 Å². The average Bonchev–Trinajstić information content (AvgIpc) is 2.93. The van der Waals surface area contributed by atoms with Crippen molar-refractivity contribution in [3.05, 3.63) is 70.1 Å². The van der Waals surface area contributed by atoms with E-state index in [1.807, 2.05) is 48.5 Å². The first-order valence-corrected chi connectivity index (χ1v) is 8.92. The monoisotopic (exact) mass is 351 g/mol. The van der Waals surface area contributed by atoms with Crippen LogP contribution in [0.5, 0.6) is 0 Å². The van der Waals surface area contributed by atoms with Gasteiger partial charge in [0, 0.05) is 18.7 Å². The van der Waals surface area contributed by atoms with Gasteiger partial charge >= 0.3 is 5.69 Å². The van der Waals surface area contributed by atoms with Crippen molar-refractivity contribution in [1.29, 1.82) is 0 Å². The number of H-pyrrole nitrogens is 1. The van der Waals surface area contributed by atoms with E-state index in [-0.39, 0.29) is 17.0 Å². The van der Waals surface area contributed by atoms with E-state index in [4.69, 9.17) is 0 Å². The molecule has 0 aliphatic carbocycles. The molecule has 3 aromatic rings. The molecule has 0 fully saturated rings. The second kappa shape index (κ2) is 7.20. The highest BCUT2D eigenvalue weighted by Gasteiger charge is 2.14. The fourth-order valence-electron chi connectivity index (χ4n) is 2.99. The van der Waals surface area contributed by atoms with Gasteiger partial charge in [0.05, 0.1) is 11.0 Å². The topological polar surface area (TPSA) is 66.9 Å². The van der Waals surface area contributed by atoms with Crippen LogP contribution in [0.2, 0.25) is 0 Å². The predicted molar refractivity (Wildman–Crippen MR) is 105 cm³/mol. The summed E-state index contributed by atoms with van der Waals surface area (Å²) >= 11 is 0. The summed E-state index contributed by atoms with van der Waals surface area (Å²) < 4.78 is 1.71. The molecule has 26 heavy (non-hydrogen) atoms. The lowest BCUT2D eigenvalue weighted by molar-refractivity contribution is 0.0952. The summed E-state index contributed by atoms with van der Waals surface area (Å²) in [6.07, 6.45) is 0.688. The summed E-state index contributed by atoms with van der Waals surface area (Å²) in [6, 6.07) is 15.3. The Morgan fingerprint density at radius 2 is 1.77 bits per heavy atom. The lowest BCUT2D eigenvalue weighted by atomic mass is 9.87. The molecule has 0 spiro atoms. The molecule has 0 aliphatic rings. The Morgan fingerprint density at radius 1 is 1.08 bits per heavy atom. The van der Waals surface area contributed by atoms with Gasteiger partial charge in [-0.15, -0.1) is 0 Å². The number of benzene rings is 2. The summed E-state index contributed by atoms with van der Waals surface area (Å²) in [5.41, 5.74) is 3.54. The Morgan fingerprint density at radius 3 is 2.46 bits per heavy atom. The number of carbonyl (C=O) groups is 1. The molecule has 5 heteroatoms. The molecule has 0 saturated heterocycles. The third-order valence-electron chi connectivity index (χ3n) is 4.54. The van der Waals surface area contributed by atoms with Crippen molar-refractivity contribution in [2.24, 2.45) is 0 Å². The van der Waals surface area contributed by atoms with Gasteiger partial charge in [-0.1, -0.05) is 45.0 Å². The molecule has 0 saturated carbocycles. The molecule has 1 amide bonds. The van der Waals surface area contributed by atoms with Crippen LogP contribution in [0.3, 0.4) is 0 Å². The number of amides is 1. The SMILES string of the molecule is CC(C)(C)c1ccc(C(=O)NCCCn2c(=O)[nH]c3ccccc32)cc1. The first-order valence-electron chi connectivity index (χ1n) is 8.92. The van der Waals surface area contributed by atoms with Gasteiger partial charge in [0.25, 0.3) is 5.91 Å². The van der Waals surface area contributed by atoms with Crippen LogP contribution in [0.25, 0.3) is 11.0 Å². The Bertz CT molecular complexity index is 959. The van der Waals surface area contributed by atoms with Gasteiger partial charge in [-0.3, -0.25) is 9.36 Å². The smallest absolute Gasteiger partial charge is 0.326 e. The molecule has 1 aromatic heterocycles. The van der Waals surface area contributed by atoms with E-state index in [1.165, 1.54) is 5.56 Å². The molecule has 5 nitrogen and oxygen atoms in total. The van der Waals surface area contributed by atoms with Gasteiger partial charge in [0.15, 0.2) is 0 Å². The zero-order valence-electron chi connectivity index (χ0n) is 15.5. The van der Waals surface area contributed by atoms with Crippen LogP contribution in [-0.2, 0) is 12.0 Å². The summed E-state index contributed by atoms with van der Waals surface area (Å²) in [6.45, 7) is 7.52. The van der Waals surface area contributed by atoms with Gasteiger partial charge in [0.1, 0.15) is 0 Å². The molecular weight excluding hydrogens is 326 g/mol. The molecule has 136 valence electrons. The molecule has 0 unspecified atom stereocenters. The van der Waals surface area contributed by atoms with Gasteiger partial charge in [-0.2, -0.15) is 0 Å². The lowest BCUT2D eigenvalue weighted by Crippen LogP contribution is -2.26. The third-order valence-corrected chi connectivity index (χ3v) is 4.54. The number of rotatable bonds is 5. The molecule has 0 radical (unpaired) electrons. The molecule has 0 atom stereocenters. The highest BCUT2D eigenvalue weighted by molar-refractivity contribution is 5.94. The highest BCUT2D eigenvalue weighted by atomic mass is 16.2. The van der Waals surface area contributed by atoms with Crippen molar-refractivity contribution >= 4 is 16.9 Å². The van der Waals surface area contributed by atoms with Crippen molar-refractivity contribution < 1.29 is 4.79 Å². The van der Waals surface area contributed by atoms with Crippen molar-refractivity contribution in [2.75, 3.05) is 6.54 Å². The first kappa shape index (κ1) is 18.0. The minimum atomic E-state index is -0.115. The van der Waals surface area contributed by atoms with Crippen LogP contribution < -0.4 is 11.0 Å². The van der Waals surface area contributed by atoms with Crippen LogP contribution in [0.1, 0.15) is 43.1 Å². The number of aromatic nitrogens is 2. The zero-order chi connectivity index (χ0) is 18.7. The number of hydrogen-bond acceptors (Lipinski definition) is 2. The second-order valence-corrected chi connectivity index (χ2v) is 7.54. The number of hydrogen-bond donors (Lipinski definition) is 2. The Kier molecular flexibility index (Phi) is 4.98. The van der Waals surface area contributed by atoms with Crippen molar-refractivity contribution in [3.8, 4) is 0 Å². The van der Waals surface area contributed by atoms with Gasteiger partial charge < -0.3 is 10.3 Å². The minimum Gasteiger partial charge on any atom is -0.352 e. The fourth-order valence-corrected chi connectivity index (χ4v) is 2.99. The zero-order valence-corrected chi connectivity index (χ0v) is 15.5. The quantitative estimate of drug-likeness (QED) is 0.692. The maximum Gasteiger partial charge on any atom is 0.326 e. The second-order valence-electron chi connectivity index (χ2n) is 7.54. The predicted octanol–water partition coefficient (Wildman–Crippen LogP) is 3.45. The van der Waals surface area contributed by atoms with Crippen molar-refractivity contribution in [3.63, 3.8) is 0 Å². The summed E-state index contributed by atoms with van der Waals surface area (Å²) in [4.78, 5) is 27.1. The van der Waals surface area contributed by atoms with Crippen LogP contribution in [-0.4, -0.2) is 22.0 Å². The highest BCUT2D eigenvalue weighted by Crippen LogP contribution is 2.22. The number of nitrogens with zero attached hydrogens (tertiary/aromatic N) is 1. The van der Waals surface area contributed by atoms with E-state index in [2.05, 4.69) is 31.1 Å². The standard InChI is InChI=1S/C21H25N3O2/c1-21(2,3)16-11-9-15(10-12-16)19(25)22-13-6-14-24-18-8-5-4-7-17(18)23-20(24)26/h4-5,7-12H,6,13-14H2,1-3H3,(H,22,25)(H,23,26). The first-order chi connectivity index (χ1) is 12.4. The van der Waals surface area contributed by atoms with E-state index >= 15 is 0 Å². The number of aromatic amines is 1.